The monoisotopic (exact) mass is 866 g/mol. The summed E-state index contributed by atoms with van der Waals surface area (Å²) in [7, 11) is -4.76. The number of aliphatic carboxylic acids is 1. The molecule has 0 aromatic heterocycles. The second-order valence-electron chi connectivity index (χ2n) is 15.6. The molecule has 60 heavy (non-hydrogen) atoms. The van der Waals surface area contributed by atoms with Gasteiger partial charge in [-0.25, -0.2) is 9.36 Å². The van der Waals surface area contributed by atoms with Crippen molar-refractivity contribution in [2.45, 2.75) is 206 Å². The lowest BCUT2D eigenvalue weighted by atomic mass is 10.1. The first kappa shape index (κ1) is 57.2. The number of aliphatic hydroxyl groups is 1. The molecule has 4 N–H and O–H groups in total. The molecule has 0 aliphatic rings. The summed E-state index contributed by atoms with van der Waals surface area (Å²) in [4.78, 5) is 46.0. The molecule has 0 bridgehead atoms. The van der Waals surface area contributed by atoms with E-state index in [0.717, 1.165) is 89.9 Å². The highest BCUT2D eigenvalue weighted by Gasteiger charge is 2.28. The Kier molecular flexibility index (Phi) is 40.8. The van der Waals surface area contributed by atoms with Crippen molar-refractivity contribution in [3.8, 4) is 0 Å². The highest BCUT2D eigenvalue weighted by molar-refractivity contribution is 7.47. The van der Waals surface area contributed by atoms with Gasteiger partial charge in [-0.3, -0.25) is 18.6 Å². The number of allylic oxidation sites excluding steroid dienone is 10. The van der Waals surface area contributed by atoms with Crippen molar-refractivity contribution in [2.75, 3.05) is 19.8 Å². The average Bonchev–Trinajstić information content (AvgIpc) is 3.22. The van der Waals surface area contributed by atoms with Crippen molar-refractivity contribution >= 4 is 25.7 Å². The van der Waals surface area contributed by atoms with Gasteiger partial charge < -0.3 is 25.2 Å². The summed E-state index contributed by atoms with van der Waals surface area (Å²) < 4.78 is 26.9. The van der Waals surface area contributed by atoms with E-state index in [2.05, 4.69) is 79.9 Å². The number of esters is 1. The van der Waals surface area contributed by atoms with Gasteiger partial charge in [-0.15, -0.1) is 0 Å². The Morgan fingerprint density at radius 1 is 0.550 bits per heavy atom. The maximum atomic E-state index is 12.3. The van der Waals surface area contributed by atoms with Crippen molar-refractivity contribution in [3.63, 3.8) is 0 Å². The van der Waals surface area contributed by atoms with Crippen LogP contribution in [-0.4, -0.2) is 64.9 Å². The summed E-state index contributed by atoms with van der Waals surface area (Å²) in [6, 6.07) is -1.55. The fraction of sp³-hybridized carbons (Fsp3) is 0.729. The van der Waals surface area contributed by atoms with Gasteiger partial charge in [-0.2, -0.15) is 0 Å². The van der Waals surface area contributed by atoms with Gasteiger partial charge in [0, 0.05) is 12.8 Å². The maximum absolute atomic E-state index is 12.3. The fourth-order valence-electron chi connectivity index (χ4n) is 6.18. The Morgan fingerprint density at radius 3 is 1.45 bits per heavy atom. The third-order valence-electron chi connectivity index (χ3n) is 9.79. The summed E-state index contributed by atoms with van der Waals surface area (Å²) in [6.07, 6.45) is 49.5. The number of hydrogen-bond donors (Lipinski definition) is 4. The summed E-state index contributed by atoms with van der Waals surface area (Å²) in [5.74, 6) is -2.39. The molecule has 0 heterocycles. The number of carbonyl (C=O) groups excluding carboxylic acids is 2. The summed E-state index contributed by atoms with van der Waals surface area (Å²) in [5.41, 5.74) is 0. The molecule has 3 unspecified atom stereocenters. The molecule has 0 rings (SSSR count). The fourth-order valence-corrected chi connectivity index (χ4v) is 6.96. The van der Waals surface area contributed by atoms with Crippen LogP contribution in [0.3, 0.4) is 0 Å². The van der Waals surface area contributed by atoms with Gasteiger partial charge in [0.2, 0.25) is 5.91 Å². The normalized spacial score (nSPS) is 14.2. The van der Waals surface area contributed by atoms with Crippen molar-refractivity contribution in [1.29, 1.82) is 0 Å². The number of carboxylic acid groups (broad SMARTS) is 1. The zero-order valence-electron chi connectivity index (χ0n) is 37.5. The summed E-state index contributed by atoms with van der Waals surface area (Å²) in [6.45, 7) is 2.45. The van der Waals surface area contributed by atoms with Crippen molar-refractivity contribution < 1.29 is 47.8 Å². The number of carboxylic acids is 1. The second-order valence-corrected chi connectivity index (χ2v) is 17.0. The molecule has 0 aliphatic heterocycles. The molecular formula is C48H84NO10P. The Labute approximate surface area is 364 Å². The van der Waals surface area contributed by atoms with Gasteiger partial charge in [0.15, 0.2) is 6.04 Å². The molecular weight excluding hydrogens is 781 g/mol. The minimum atomic E-state index is -4.76. The molecule has 0 saturated carbocycles. The van der Waals surface area contributed by atoms with Gasteiger partial charge in [0.05, 0.1) is 13.2 Å². The Hall–Kier alpha value is -2.82. The quantitative estimate of drug-likeness (QED) is 0.0200. The summed E-state index contributed by atoms with van der Waals surface area (Å²) >= 11 is 0. The molecule has 0 aromatic carbocycles. The Bertz CT molecular complexity index is 1250. The van der Waals surface area contributed by atoms with E-state index < -0.39 is 57.6 Å². The molecule has 0 aliphatic carbocycles. The van der Waals surface area contributed by atoms with E-state index in [9.17, 15) is 34.1 Å². The first-order valence-corrected chi connectivity index (χ1v) is 24.8. The molecule has 0 saturated heterocycles. The van der Waals surface area contributed by atoms with E-state index >= 15 is 0 Å². The molecule has 0 radical (unpaired) electrons. The second kappa shape index (κ2) is 42.9. The van der Waals surface area contributed by atoms with E-state index in [1.54, 1.807) is 0 Å². The van der Waals surface area contributed by atoms with Gasteiger partial charge >= 0.3 is 19.8 Å². The first-order chi connectivity index (χ1) is 29.1. The topological polar surface area (TPSA) is 169 Å². The number of amides is 1. The molecule has 1 amide bonds. The smallest absolute Gasteiger partial charge is 0.472 e. The van der Waals surface area contributed by atoms with Crippen LogP contribution in [-0.2, 0) is 32.7 Å². The van der Waals surface area contributed by atoms with E-state index in [0.29, 0.717) is 12.8 Å². The lowest BCUT2D eigenvalue weighted by Gasteiger charge is -2.18. The lowest BCUT2D eigenvalue weighted by molar-refractivity contribution is -0.147. The SMILES string of the molecule is CC/C=C\C/C=C\C/C=C\CCCCCCCCCC(=O)OCC(O)COP(=O)(O)OCC(NC(=O)CCCCCCCCCCC/C=C\C/C=C\CCCCC)C(=O)O. The highest BCUT2D eigenvalue weighted by atomic mass is 31.2. The van der Waals surface area contributed by atoms with Crippen LogP contribution in [0.5, 0.6) is 0 Å². The number of nitrogens with one attached hydrogen (secondary N) is 1. The van der Waals surface area contributed by atoms with Crippen LogP contribution < -0.4 is 5.32 Å². The number of hydrogen-bond acceptors (Lipinski definition) is 8. The summed E-state index contributed by atoms with van der Waals surface area (Å²) in [5, 5.41) is 21.9. The van der Waals surface area contributed by atoms with Crippen molar-refractivity contribution in [2.24, 2.45) is 0 Å². The molecule has 0 spiro atoms. The van der Waals surface area contributed by atoms with Crippen LogP contribution in [0.15, 0.2) is 60.8 Å². The largest absolute Gasteiger partial charge is 0.480 e. The van der Waals surface area contributed by atoms with Crippen LogP contribution in [0.2, 0.25) is 0 Å². The number of aliphatic hydroxyl groups excluding tert-OH is 1. The average molecular weight is 866 g/mol. The van der Waals surface area contributed by atoms with E-state index in [1.807, 2.05) is 0 Å². The van der Waals surface area contributed by atoms with E-state index in [4.69, 9.17) is 13.8 Å². The third kappa shape index (κ3) is 41.9. The maximum Gasteiger partial charge on any atom is 0.472 e. The van der Waals surface area contributed by atoms with Crippen LogP contribution >= 0.6 is 7.82 Å². The van der Waals surface area contributed by atoms with Gasteiger partial charge in [-0.1, -0.05) is 164 Å². The van der Waals surface area contributed by atoms with E-state index in [1.165, 1.54) is 64.2 Å². The van der Waals surface area contributed by atoms with Gasteiger partial charge in [0.25, 0.3) is 0 Å². The standard InChI is InChI=1S/C48H84NO10P/c1-3-5-7-9-11-13-15-17-19-21-22-24-25-27-29-31-33-35-37-39-46(51)49-45(48(53)54)43-59-60(55,56)58-42-44(50)41-57-47(52)40-38-36-34-32-30-28-26-23-20-18-16-14-12-10-8-6-4-2/h6,8,11-14,17-20,44-45,50H,3-5,7,9-10,15-16,21-43H2,1-2H3,(H,49,51)(H,53,54)(H,55,56)/b8-6-,13-11-,14-12-,19-17-,20-18-. The molecule has 0 aromatic rings. The minimum absolute atomic E-state index is 0.138. The third-order valence-corrected chi connectivity index (χ3v) is 10.7. The number of rotatable bonds is 43. The Balaban J connectivity index is 3.89. The number of phosphoric ester groups is 1. The van der Waals surface area contributed by atoms with Crippen LogP contribution in [0.25, 0.3) is 0 Å². The first-order valence-electron chi connectivity index (χ1n) is 23.3. The predicted octanol–water partition coefficient (Wildman–Crippen LogP) is 12.3. The number of carbonyl (C=O) groups is 3. The number of ether oxygens (including phenoxy) is 1. The zero-order chi connectivity index (χ0) is 44.2. The molecule has 11 nitrogen and oxygen atoms in total. The van der Waals surface area contributed by atoms with Gasteiger partial charge in [-0.05, 0) is 77.0 Å². The lowest BCUT2D eigenvalue weighted by Crippen LogP contribution is -2.43. The number of phosphoric acid groups is 1. The number of unbranched alkanes of at least 4 members (excludes halogenated alkanes) is 19. The molecule has 346 valence electrons. The van der Waals surface area contributed by atoms with Crippen molar-refractivity contribution in [1.82, 2.24) is 5.32 Å². The van der Waals surface area contributed by atoms with Gasteiger partial charge in [0.1, 0.15) is 12.7 Å². The van der Waals surface area contributed by atoms with E-state index in [-0.39, 0.29) is 12.8 Å². The van der Waals surface area contributed by atoms with Crippen LogP contribution in [0, 0.1) is 0 Å². The van der Waals surface area contributed by atoms with Crippen LogP contribution in [0.4, 0.5) is 0 Å². The van der Waals surface area contributed by atoms with Crippen LogP contribution in [0.1, 0.15) is 194 Å². The zero-order valence-corrected chi connectivity index (χ0v) is 38.4. The molecule has 0 fully saturated rings. The minimum Gasteiger partial charge on any atom is -0.480 e. The molecule has 12 heteroatoms. The predicted molar refractivity (Wildman–Crippen MR) is 245 cm³/mol. The Morgan fingerprint density at radius 2 is 0.967 bits per heavy atom. The molecule has 3 atom stereocenters. The van der Waals surface area contributed by atoms with Crippen molar-refractivity contribution in [3.05, 3.63) is 60.8 Å². The highest BCUT2D eigenvalue weighted by Crippen LogP contribution is 2.43.